The number of carbonyl (C=O) groups excluding carboxylic acids is 3. The summed E-state index contributed by atoms with van der Waals surface area (Å²) in [5.74, 6) is -1.98. The number of hydrogen-bond donors (Lipinski definition) is 2. The number of benzene rings is 3. The number of imide groups is 2. The number of phenols is 1. The molecule has 172 valence electrons. The quantitative estimate of drug-likeness (QED) is 0.376. The molecular weight excluding hydrogens is 486 g/mol. The van der Waals surface area contributed by atoms with Crippen LogP contribution >= 0.6 is 23.2 Å². The predicted molar refractivity (Wildman–Crippen MR) is 124 cm³/mol. The van der Waals surface area contributed by atoms with Crippen molar-refractivity contribution in [3.63, 3.8) is 0 Å². The summed E-state index contributed by atoms with van der Waals surface area (Å²) in [4.78, 5) is 38.4. The Labute approximate surface area is 203 Å². The van der Waals surface area contributed by atoms with Gasteiger partial charge in [0.25, 0.3) is 11.8 Å². The van der Waals surface area contributed by atoms with Crippen LogP contribution in [0, 0.1) is 5.82 Å². The second kappa shape index (κ2) is 9.54. The first-order chi connectivity index (χ1) is 16.2. The molecule has 0 saturated carbocycles. The molecular formula is C24H15Cl2FN2O5. The molecule has 0 aromatic heterocycles. The zero-order chi connectivity index (χ0) is 24.4. The SMILES string of the molecule is O=C1NC(=O)N(c2ccc(O)cc2)C(=O)/C1=C/c1cc(Cl)c(OCc2ccc(F)cc2)c(Cl)c1. The monoisotopic (exact) mass is 500 g/mol. The fraction of sp³-hybridized carbons (Fsp3) is 0.0417. The van der Waals surface area contributed by atoms with Gasteiger partial charge in [-0.25, -0.2) is 14.1 Å². The molecule has 0 atom stereocenters. The number of carbonyl (C=O) groups is 3. The number of nitrogens with one attached hydrogen (secondary N) is 1. The molecule has 4 amide bonds. The number of barbiturate groups is 1. The molecule has 1 fully saturated rings. The molecule has 1 aliphatic rings. The van der Waals surface area contributed by atoms with Crippen LogP contribution in [0.3, 0.4) is 0 Å². The number of amides is 4. The fourth-order valence-corrected chi connectivity index (χ4v) is 3.81. The number of hydrogen-bond acceptors (Lipinski definition) is 5. The lowest BCUT2D eigenvalue weighted by Crippen LogP contribution is -2.54. The van der Waals surface area contributed by atoms with E-state index in [0.717, 1.165) is 4.90 Å². The molecule has 10 heteroatoms. The first-order valence-corrected chi connectivity index (χ1v) is 10.6. The summed E-state index contributed by atoms with van der Waals surface area (Å²) >= 11 is 12.6. The Kier molecular flexibility index (Phi) is 6.54. The minimum Gasteiger partial charge on any atom is -0.508 e. The number of nitrogens with zero attached hydrogens (tertiary/aromatic N) is 1. The number of anilines is 1. The predicted octanol–water partition coefficient (Wildman–Crippen LogP) is 5.08. The van der Waals surface area contributed by atoms with Crippen molar-refractivity contribution in [3.8, 4) is 11.5 Å². The van der Waals surface area contributed by atoms with E-state index < -0.39 is 17.8 Å². The van der Waals surface area contributed by atoms with E-state index in [2.05, 4.69) is 5.32 Å². The van der Waals surface area contributed by atoms with Crippen LogP contribution in [0.2, 0.25) is 10.0 Å². The minimum atomic E-state index is -0.918. The highest BCUT2D eigenvalue weighted by molar-refractivity contribution is 6.40. The molecule has 3 aromatic carbocycles. The van der Waals surface area contributed by atoms with Crippen molar-refractivity contribution >= 4 is 52.8 Å². The molecule has 0 bridgehead atoms. The van der Waals surface area contributed by atoms with Gasteiger partial charge in [-0.05, 0) is 65.7 Å². The molecule has 1 heterocycles. The van der Waals surface area contributed by atoms with Gasteiger partial charge in [-0.3, -0.25) is 14.9 Å². The maximum Gasteiger partial charge on any atom is 0.335 e. The first-order valence-electron chi connectivity index (χ1n) is 9.79. The Balaban J connectivity index is 1.60. The van der Waals surface area contributed by atoms with Crippen LogP contribution in [0.1, 0.15) is 11.1 Å². The normalized spacial score (nSPS) is 15.0. The number of ether oxygens (including phenoxy) is 1. The summed E-state index contributed by atoms with van der Waals surface area (Å²) < 4.78 is 18.7. The molecule has 7 nitrogen and oxygen atoms in total. The molecule has 34 heavy (non-hydrogen) atoms. The van der Waals surface area contributed by atoms with E-state index in [1.165, 1.54) is 54.6 Å². The van der Waals surface area contributed by atoms with Crippen LogP contribution in [-0.2, 0) is 16.2 Å². The van der Waals surface area contributed by atoms with Gasteiger partial charge in [0.05, 0.1) is 15.7 Å². The summed E-state index contributed by atoms with van der Waals surface area (Å²) in [6, 6.07) is 13.0. The Morgan fingerprint density at radius 2 is 1.59 bits per heavy atom. The zero-order valence-corrected chi connectivity index (χ0v) is 18.7. The molecule has 2 N–H and O–H groups in total. The van der Waals surface area contributed by atoms with Gasteiger partial charge in [-0.1, -0.05) is 35.3 Å². The highest BCUT2D eigenvalue weighted by Crippen LogP contribution is 2.36. The molecule has 0 spiro atoms. The molecule has 0 aliphatic carbocycles. The van der Waals surface area contributed by atoms with Crippen molar-refractivity contribution in [1.29, 1.82) is 0 Å². The summed E-state index contributed by atoms with van der Waals surface area (Å²) in [6.45, 7) is 0.0880. The Bertz CT molecular complexity index is 1300. The summed E-state index contributed by atoms with van der Waals surface area (Å²) in [6.07, 6.45) is 1.25. The molecule has 4 rings (SSSR count). The van der Waals surface area contributed by atoms with Crippen LogP contribution in [0.4, 0.5) is 14.9 Å². The van der Waals surface area contributed by atoms with E-state index >= 15 is 0 Å². The van der Waals surface area contributed by atoms with Crippen molar-refractivity contribution in [3.05, 3.63) is 93.2 Å². The lowest BCUT2D eigenvalue weighted by molar-refractivity contribution is -0.122. The number of urea groups is 1. The maximum atomic E-state index is 13.1. The number of rotatable bonds is 5. The van der Waals surface area contributed by atoms with E-state index in [4.69, 9.17) is 27.9 Å². The third-order valence-corrected chi connectivity index (χ3v) is 5.40. The summed E-state index contributed by atoms with van der Waals surface area (Å²) in [5.41, 5.74) is 0.866. The average Bonchev–Trinajstić information content (AvgIpc) is 2.78. The van der Waals surface area contributed by atoms with Crippen molar-refractivity contribution in [2.45, 2.75) is 6.61 Å². The average molecular weight is 501 g/mol. The lowest BCUT2D eigenvalue weighted by atomic mass is 10.1. The van der Waals surface area contributed by atoms with E-state index in [0.29, 0.717) is 11.1 Å². The lowest BCUT2D eigenvalue weighted by Gasteiger charge is -2.26. The third kappa shape index (κ3) is 4.88. The summed E-state index contributed by atoms with van der Waals surface area (Å²) in [5, 5.41) is 11.8. The van der Waals surface area contributed by atoms with Gasteiger partial charge in [-0.2, -0.15) is 0 Å². The number of aromatic hydroxyl groups is 1. The van der Waals surface area contributed by atoms with Crippen LogP contribution in [-0.4, -0.2) is 23.0 Å². The molecule has 1 aliphatic heterocycles. The Morgan fingerprint density at radius 1 is 0.971 bits per heavy atom. The standard InChI is InChI=1S/C24H15Cl2FN2O5/c25-19-10-14(11-20(26)21(19)34-12-13-1-3-15(27)4-2-13)9-18-22(31)28-24(33)29(23(18)32)16-5-7-17(30)8-6-16/h1-11,30H,12H2,(H,28,31,33)/b18-9+. The number of halogens is 3. The van der Waals surface area contributed by atoms with Gasteiger partial charge in [0.2, 0.25) is 0 Å². The van der Waals surface area contributed by atoms with E-state index in [9.17, 15) is 23.9 Å². The van der Waals surface area contributed by atoms with Gasteiger partial charge in [-0.15, -0.1) is 0 Å². The minimum absolute atomic E-state index is 0.0496. The van der Waals surface area contributed by atoms with Crippen LogP contribution < -0.4 is 15.0 Å². The highest BCUT2D eigenvalue weighted by atomic mass is 35.5. The van der Waals surface area contributed by atoms with Crippen molar-refractivity contribution in [2.75, 3.05) is 4.90 Å². The smallest absolute Gasteiger partial charge is 0.335 e. The van der Waals surface area contributed by atoms with Crippen LogP contribution in [0.15, 0.2) is 66.2 Å². The first kappa shape index (κ1) is 23.3. The van der Waals surface area contributed by atoms with E-state index in [-0.39, 0.29) is 45.2 Å². The topological polar surface area (TPSA) is 95.9 Å². The number of phenolic OH excluding ortho intramolecular Hbond substituents is 1. The van der Waals surface area contributed by atoms with Crippen molar-refractivity contribution in [1.82, 2.24) is 5.32 Å². The van der Waals surface area contributed by atoms with Gasteiger partial charge >= 0.3 is 6.03 Å². The second-order valence-electron chi connectivity index (χ2n) is 7.20. The third-order valence-electron chi connectivity index (χ3n) is 4.84. The Hall–Kier alpha value is -3.88. The van der Waals surface area contributed by atoms with Crippen molar-refractivity contribution < 1.29 is 28.6 Å². The molecule has 1 saturated heterocycles. The molecule has 3 aromatic rings. The summed E-state index contributed by atoms with van der Waals surface area (Å²) in [7, 11) is 0. The van der Waals surface area contributed by atoms with E-state index in [1.807, 2.05) is 0 Å². The highest BCUT2D eigenvalue weighted by Gasteiger charge is 2.36. The fourth-order valence-electron chi connectivity index (χ4n) is 3.20. The van der Waals surface area contributed by atoms with Gasteiger partial charge in [0, 0.05) is 0 Å². The second-order valence-corrected chi connectivity index (χ2v) is 8.02. The Morgan fingerprint density at radius 3 is 2.21 bits per heavy atom. The van der Waals surface area contributed by atoms with Crippen LogP contribution in [0.25, 0.3) is 6.08 Å². The molecule has 0 radical (unpaired) electrons. The zero-order valence-electron chi connectivity index (χ0n) is 17.2. The molecule has 0 unspecified atom stereocenters. The van der Waals surface area contributed by atoms with Gasteiger partial charge in [0.1, 0.15) is 23.7 Å². The van der Waals surface area contributed by atoms with Gasteiger partial charge < -0.3 is 9.84 Å². The van der Waals surface area contributed by atoms with Crippen LogP contribution in [0.5, 0.6) is 11.5 Å². The van der Waals surface area contributed by atoms with Gasteiger partial charge in [0.15, 0.2) is 5.75 Å². The largest absolute Gasteiger partial charge is 0.508 e. The van der Waals surface area contributed by atoms with Crippen molar-refractivity contribution in [2.24, 2.45) is 0 Å². The van der Waals surface area contributed by atoms with E-state index in [1.54, 1.807) is 12.1 Å². The maximum absolute atomic E-state index is 13.1.